The summed E-state index contributed by atoms with van der Waals surface area (Å²) in [4.78, 5) is 28.2. The first kappa shape index (κ1) is 16.4. The molecule has 1 N–H and O–H groups in total. The molecule has 2 heterocycles. The number of carbonyl (C=O) groups excluding carboxylic acids is 1. The zero-order valence-corrected chi connectivity index (χ0v) is 14.3. The highest BCUT2D eigenvalue weighted by molar-refractivity contribution is 5.90. The van der Waals surface area contributed by atoms with Crippen LogP contribution in [0.25, 0.3) is 0 Å². The van der Waals surface area contributed by atoms with Gasteiger partial charge in [0.2, 0.25) is 5.82 Å². The predicted octanol–water partition coefficient (Wildman–Crippen LogP) is -0.221. The lowest BCUT2D eigenvalue weighted by Crippen LogP contribution is -2.43. The van der Waals surface area contributed by atoms with E-state index in [1.807, 2.05) is 0 Å². The van der Waals surface area contributed by atoms with Crippen molar-refractivity contribution in [1.82, 2.24) is 34.4 Å². The first-order valence-electron chi connectivity index (χ1n) is 8.21. The number of aryl methyl sites for hydroxylation is 2. The fraction of sp³-hybridized carbons (Fsp3) is 0.667. The Morgan fingerprint density at radius 3 is 2.62 bits per heavy atom. The van der Waals surface area contributed by atoms with E-state index < -0.39 is 0 Å². The van der Waals surface area contributed by atoms with E-state index >= 15 is 0 Å². The SMILES string of the molecule is Cn1cnc(C(=O)N[C@@H]2CCCC[C@@H]2Cc2nn(C)c(=O)n2C)n1. The van der Waals surface area contributed by atoms with Crippen LogP contribution in [-0.2, 0) is 27.6 Å². The number of aromatic nitrogens is 6. The minimum atomic E-state index is -0.248. The van der Waals surface area contributed by atoms with Crippen molar-refractivity contribution in [2.45, 2.75) is 38.1 Å². The third-order valence-electron chi connectivity index (χ3n) is 4.69. The van der Waals surface area contributed by atoms with Crippen molar-refractivity contribution < 1.29 is 4.79 Å². The molecule has 9 heteroatoms. The van der Waals surface area contributed by atoms with Crippen molar-refractivity contribution in [2.75, 3.05) is 0 Å². The first-order valence-corrected chi connectivity index (χ1v) is 8.21. The van der Waals surface area contributed by atoms with E-state index in [1.54, 1.807) is 25.7 Å². The molecule has 1 saturated carbocycles. The Hall–Kier alpha value is -2.45. The van der Waals surface area contributed by atoms with Gasteiger partial charge in [-0.2, -0.15) is 5.10 Å². The number of hydrogen-bond donors (Lipinski definition) is 1. The Balaban J connectivity index is 1.72. The fourth-order valence-electron chi connectivity index (χ4n) is 3.34. The Kier molecular flexibility index (Phi) is 4.50. The van der Waals surface area contributed by atoms with E-state index in [1.165, 1.54) is 15.7 Å². The highest BCUT2D eigenvalue weighted by Crippen LogP contribution is 2.27. The number of nitrogens with one attached hydrogen (secondary N) is 1. The highest BCUT2D eigenvalue weighted by atomic mass is 16.2. The summed E-state index contributed by atoms with van der Waals surface area (Å²) in [7, 11) is 5.12. The Morgan fingerprint density at radius 1 is 1.25 bits per heavy atom. The van der Waals surface area contributed by atoms with Gasteiger partial charge in [-0.05, 0) is 18.8 Å². The van der Waals surface area contributed by atoms with Gasteiger partial charge in [-0.1, -0.05) is 12.8 Å². The Morgan fingerprint density at radius 2 is 2.00 bits per heavy atom. The molecule has 1 aliphatic rings. The average molecular weight is 333 g/mol. The fourth-order valence-corrected chi connectivity index (χ4v) is 3.34. The molecule has 0 radical (unpaired) electrons. The molecule has 0 saturated heterocycles. The largest absolute Gasteiger partial charge is 0.346 e. The molecule has 1 fully saturated rings. The number of nitrogens with zero attached hydrogens (tertiary/aromatic N) is 6. The molecule has 1 amide bonds. The number of amides is 1. The average Bonchev–Trinajstić information content (AvgIpc) is 3.09. The predicted molar refractivity (Wildman–Crippen MR) is 86.4 cm³/mol. The minimum absolute atomic E-state index is 0.0483. The van der Waals surface area contributed by atoms with E-state index in [4.69, 9.17) is 0 Å². The van der Waals surface area contributed by atoms with Crippen molar-refractivity contribution >= 4 is 5.91 Å². The lowest BCUT2D eigenvalue weighted by molar-refractivity contribution is 0.0894. The summed E-state index contributed by atoms with van der Waals surface area (Å²) in [5.41, 5.74) is -0.126. The van der Waals surface area contributed by atoms with Crippen molar-refractivity contribution in [3.63, 3.8) is 0 Å². The third kappa shape index (κ3) is 3.24. The Bertz CT molecular complexity index is 788. The minimum Gasteiger partial charge on any atom is -0.346 e. The second-order valence-corrected chi connectivity index (χ2v) is 6.45. The van der Waals surface area contributed by atoms with E-state index in [0.717, 1.165) is 31.5 Å². The topological polar surface area (TPSA) is 99.6 Å². The van der Waals surface area contributed by atoms with Gasteiger partial charge in [0, 0.05) is 33.6 Å². The number of rotatable bonds is 4. The van der Waals surface area contributed by atoms with E-state index in [-0.39, 0.29) is 29.4 Å². The van der Waals surface area contributed by atoms with Crippen molar-refractivity contribution in [3.05, 3.63) is 28.5 Å². The van der Waals surface area contributed by atoms with Crippen molar-refractivity contribution in [2.24, 2.45) is 27.1 Å². The van der Waals surface area contributed by atoms with Crippen LogP contribution in [0.15, 0.2) is 11.1 Å². The van der Waals surface area contributed by atoms with Crippen LogP contribution in [0.5, 0.6) is 0 Å². The maximum atomic E-state index is 12.3. The molecular weight excluding hydrogens is 310 g/mol. The molecule has 2 aromatic heterocycles. The normalized spacial score (nSPS) is 21.0. The molecule has 0 spiro atoms. The zero-order valence-electron chi connectivity index (χ0n) is 14.3. The smallest absolute Gasteiger partial charge is 0.345 e. The van der Waals surface area contributed by atoms with Gasteiger partial charge >= 0.3 is 5.69 Å². The summed E-state index contributed by atoms with van der Waals surface area (Å²) in [6.45, 7) is 0. The molecule has 0 unspecified atom stereocenters. The van der Waals surface area contributed by atoms with Gasteiger partial charge < -0.3 is 5.32 Å². The number of carbonyl (C=O) groups is 1. The van der Waals surface area contributed by atoms with E-state index in [9.17, 15) is 9.59 Å². The van der Waals surface area contributed by atoms with E-state index in [0.29, 0.717) is 6.42 Å². The summed E-state index contributed by atoms with van der Waals surface area (Å²) in [5, 5.41) is 11.4. The molecule has 0 bridgehead atoms. The van der Waals surface area contributed by atoms with Crippen LogP contribution < -0.4 is 11.0 Å². The van der Waals surface area contributed by atoms with Gasteiger partial charge in [-0.25, -0.2) is 14.5 Å². The van der Waals surface area contributed by atoms with Gasteiger partial charge in [-0.15, -0.1) is 5.10 Å². The van der Waals surface area contributed by atoms with Gasteiger partial charge in [0.25, 0.3) is 5.91 Å². The number of hydrogen-bond acceptors (Lipinski definition) is 5. The molecule has 1 aliphatic carbocycles. The first-order chi connectivity index (χ1) is 11.5. The molecule has 24 heavy (non-hydrogen) atoms. The third-order valence-corrected chi connectivity index (χ3v) is 4.69. The van der Waals surface area contributed by atoms with Crippen LogP contribution >= 0.6 is 0 Å². The summed E-state index contributed by atoms with van der Waals surface area (Å²) < 4.78 is 4.44. The van der Waals surface area contributed by atoms with Crippen molar-refractivity contribution in [1.29, 1.82) is 0 Å². The molecule has 0 aromatic carbocycles. The molecule has 2 aromatic rings. The lowest BCUT2D eigenvalue weighted by Gasteiger charge is -2.31. The maximum Gasteiger partial charge on any atom is 0.345 e. The summed E-state index contributed by atoms with van der Waals surface area (Å²) in [5.74, 6) is 0.950. The zero-order chi connectivity index (χ0) is 17.3. The molecule has 2 atom stereocenters. The maximum absolute atomic E-state index is 12.3. The summed E-state index contributed by atoms with van der Waals surface area (Å²) >= 11 is 0. The molecular formula is C15H23N7O2. The van der Waals surface area contributed by atoms with Crippen molar-refractivity contribution in [3.8, 4) is 0 Å². The van der Waals surface area contributed by atoms with Gasteiger partial charge in [-0.3, -0.25) is 14.0 Å². The second-order valence-electron chi connectivity index (χ2n) is 6.45. The van der Waals surface area contributed by atoms with Crippen LogP contribution in [0, 0.1) is 5.92 Å². The molecule has 9 nitrogen and oxygen atoms in total. The van der Waals surface area contributed by atoms with Crippen LogP contribution in [-0.4, -0.2) is 41.1 Å². The van der Waals surface area contributed by atoms with Crippen LogP contribution in [0.4, 0.5) is 0 Å². The molecule has 0 aliphatic heterocycles. The van der Waals surface area contributed by atoms with Crippen LogP contribution in [0.1, 0.15) is 42.1 Å². The standard InChI is InChI=1S/C15H23N7O2/c1-20-9-16-13(19-20)14(23)17-11-7-5-4-6-10(11)8-12-18-22(3)15(24)21(12)2/h9-11H,4-8H2,1-3H3,(H,17,23)/t10-,11-/m1/s1. The molecule has 3 rings (SSSR count). The van der Waals surface area contributed by atoms with Crippen LogP contribution in [0.3, 0.4) is 0 Å². The lowest BCUT2D eigenvalue weighted by atomic mass is 9.82. The quantitative estimate of drug-likeness (QED) is 0.834. The van der Waals surface area contributed by atoms with E-state index in [2.05, 4.69) is 20.5 Å². The van der Waals surface area contributed by atoms with Crippen LogP contribution in [0.2, 0.25) is 0 Å². The highest BCUT2D eigenvalue weighted by Gasteiger charge is 2.29. The second kappa shape index (κ2) is 6.58. The molecule has 130 valence electrons. The van der Waals surface area contributed by atoms with Gasteiger partial charge in [0.05, 0.1) is 0 Å². The van der Waals surface area contributed by atoms with Gasteiger partial charge in [0.1, 0.15) is 12.2 Å². The summed E-state index contributed by atoms with van der Waals surface area (Å²) in [6.07, 6.45) is 6.32. The Labute approximate surface area is 139 Å². The van der Waals surface area contributed by atoms with Gasteiger partial charge in [0.15, 0.2) is 0 Å². The summed E-state index contributed by atoms with van der Waals surface area (Å²) in [6, 6.07) is 0.0483. The monoisotopic (exact) mass is 333 g/mol.